The van der Waals surface area contributed by atoms with E-state index in [1.54, 1.807) is 23.1 Å². The van der Waals surface area contributed by atoms with Crippen molar-refractivity contribution in [2.24, 2.45) is 0 Å². The third-order valence-corrected chi connectivity index (χ3v) is 14.8. The Balaban J connectivity index is 0.693. The lowest BCUT2D eigenvalue weighted by atomic mass is 9.89. The van der Waals surface area contributed by atoms with Gasteiger partial charge in [-0.25, -0.2) is 49.7 Å². The van der Waals surface area contributed by atoms with Crippen molar-refractivity contribution < 1.29 is 39.5 Å². The Kier molecular flexibility index (Phi) is 10.9. The van der Waals surface area contributed by atoms with Crippen molar-refractivity contribution in [2.75, 3.05) is 31.5 Å². The number of likely N-dealkylation sites (tertiary alicyclic amines) is 1. The van der Waals surface area contributed by atoms with Gasteiger partial charge in [0.1, 0.15) is 22.9 Å². The molecule has 19 nitrogen and oxygen atoms in total. The highest BCUT2D eigenvalue weighted by atomic mass is 16.4. The predicted molar refractivity (Wildman–Crippen MR) is 253 cm³/mol. The number of aryl methyl sites for hydroxylation is 6. The number of anilines is 1. The largest absolute Gasteiger partial charge is 0.477 e. The fraction of sp³-hybridized carbons (Fsp3) is 0.353. The predicted octanol–water partition coefficient (Wildman–Crippen LogP) is 2.55. The minimum Gasteiger partial charge on any atom is -0.477 e. The van der Waals surface area contributed by atoms with Crippen molar-refractivity contribution in [3.63, 3.8) is 0 Å². The maximum absolute atomic E-state index is 14.2. The lowest BCUT2D eigenvalue weighted by Crippen LogP contribution is -3.05. The Morgan fingerprint density at radius 2 is 1.11 bits per heavy atom. The topological polar surface area (TPSA) is 262 Å². The number of piperidine rings is 1. The summed E-state index contributed by atoms with van der Waals surface area (Å²) in [5.41, 5.74) is 10.2. The number of aromatic carboxylic acids is 2. The number of hydrogen-bond donors (Lipinski definition) is 6. The number of hydrogen-bond acceptors (Lipinski definition) is 13. The van der Waals surface area contributed by atoms with Gasteiger partial charge in [0.15, 0.2) is 11.7 Å². The number of nitrogens with two attached hydrogens (primary N) is 1. The van der Waals surface area contributed by atoms with Crippen molar-refractivity contribution in [3.05, 3.63) is 111 Å². The minimum atomic E-state index is -1.12. The number of carbonyl (C=O) groups is 5. The number of carboxylic acids is 2. The Bertz CT molecular complexity index is 3240. The Hall–Kier alpha value is -7.61. The second-order valence-electron chi connectivity index (χ2n) is 19.1. The van der Waals surface area contributed by atoms with Crippen LogP contribution in [0.1, 0.15) is 90.5 Å². The summed E-state index contributed by atoms with van der Waals surface area (Å²) in [6.45, 7) is 2.24. The van der Waals surface area contributed by atoms with Gasteiger partial charge in [0.2, 0.25) is 12.2 Å². The summed E-state index contributed by atoms with van der Waals surface area (Å²) in [6.07, 6.45) is 6.83. The van der Waals surface area contributed by atoms with Crippen LogP contribution >= 0.6 is 0 Å². The summed E-state index contributed by atoms with van der Waals surface area (Å²) in [5.74, 6) is -2.42. The Labute approximate surface area is 400 Å². The van der Waals surface area contributed by atoms with E-state index in [4.69, 9.17) is 19.9 Å². The normalized spacial score (nSPS) is 21.1. The third kappa shape index (κ3) is 7.98. The highest BCUT2D eigenvalue weighted by molar-refractivity contribution is 5.95. The van der Waals surface area contributed by atoms with E-state index in [1.165, 1.54) is 12.1 Å². The highest BCUT2D eigenvalue weighted by Gasteiger charge is 2.42. The van der Waals surface area contributed by atoms with Gasteiger partial charge in [-0.05, 0) is 128 Å². The zero-order valence-corrected chi connectivity index (χ0v) is 38.1. The van der Waals surface area contributed by atoms with E-state index in [0.717, 1.165) is 83.7 Å². The van der Waals surface area contributed by atoms with Gasteiger partial charge in [0, 0.05) is 44.0 Å². The van der Waals surface area contributed by atoms with E-state index in [1.807, 2.05) is 23.5 Å². The fourth-order valence-electron chi connectivity index (χ4n) is 11.1. The van der Waals surface area contributed by atoms with Gasteiger partial charge in [0.05, 0.1) is 40.2 Å². The standard InChI is InChI=1S/C51H48N12O7/c64-46(33-17-20-62-21-18-34(57-51(62)56-33)47(65)59-38-16-12-28-4-3-25-10-14-36(49(67)68)54-39(25)42(28)58-38)52-32-2-1-19-63(24-32)48(66)35-13-9-26-5-7-29-22-31-23-30-8-6-27-11-15-37(50(69)70)55-41(27)44(30)61-45(31)60-43(29)40(26)53-35/h9-16,22-23,32-34,51,56-57H,1-8,17-21,24H2,(H,52,64)(H,67,68)(H,69,70)(H,58,59,65)/p+1. The van der Waals surface area contributed by atoms with Crippen LogP contribution in [0.3, 0.4) is 0 Å². The molecule has 0 aromatic carbocycles. The number of aromatic nitrogens is 6. The molecule has 6 aromatic rings. The first-order chi connectivity index (χ1) is 34.0. The Morgan fingerprint density at radius 3 is 1.73 bits per heavy atom. The van der Waals surface area contributed by atoms with Crippen molar-refractivity contribution in [3.8, 4) is 34.2 Å². The van der Waals surface area contributed by atoms with Crippen LogP contribution in [-0.4, -0.2) is 130 Å². The fourth-order valence-corrected chi connectivity index (χ4v) is 11.1. The molecule has 9 heterocycles. The molecule has 0 bridgehead atoms. The molecule has 6 aliphatic rings. The number of carbonyl (C=O) groups excluding carboxylic acids is 3. The molecule has 12 rings (SSSR count). The molecule has 4 unspecified atom stereocenters. The van der Waals surface area contributed by atoms with E-state index in [9.17, 15) is 34.2 Å². The van der Waals surface area contributed by atoms with Crippen LogP contribution in [0, 0.1) is 0 Å². The molecule has 354 valence electrons. The maximum atomic E-state index is 14.2. The van der Waals surface area contributed by atoms with Crippen LogP contribution in [0.4, 0.5) is 5.82 Å². The first kappa shape index (κ1) is 43.7. The average molecular weight is 942 g/mol. The highest BCUT2D eigenvalue weighted by Crippen LogP contribution is 2.37. The van der Waals surface area contributed by atoms with Crippen LogP contribution in [0.5, 0.6) is 0 Å². The molecular formula is C51H49N12O7+. The van der Waals surface area contributed by atoms with E-state index in [0.29, 0.717) is 96.8 Å². The monoisotopic (exact) mass is 941 g/mol. The number of carboxylic acid groups (broad SMARTS) is 2. The summed E-state index contributed by atoms with van der Waals surface area (Å²) < 4.78 is 0. The quantitative estimate of drug-likeness (QED) is 0.134. The lowest BCUT2D eigenvalue weighted by Gasteiger charge is -2.42. The van der Waals surface area contributed by atoms with Gasteiger partial charge in [-0.1, -0.05) is 24.3 Å². The summed E-state index contributed by atoms with van der Waals surface area (Å²) in [6, 6.07) is 17.0. The van der Waals surface area contributed by atoms with Crippen molar-refractivity contribution >= 4 is 46.5 Å². The van der Waals surface area contributed by atoms with Gasteiger partial charge in [-0.3, -0.25) is 14.4 Å². The van der Waals surface area contributed by atoms with Crippen LogP contribution in [0.2, 0.25) is 0 Å². The van der Waals surface area contributed by atoms with E-state index < -0.39 is 24.0 Å². The molecule has 19 heteroatoms. The number of pyridine rings is 6. The molecule has 0 radical (unpaired) electrons. The molecule has 7 N–H and O–H groups in total. The van der Waals surface area contributed by atoms with Gasteiger partial charge >= 0.3 is 11.9 Å². The molecule has 0 saturated carbocycles. The molecule has 3 aliphatic carbocycles. The molecule has 3 aliphatic heterocycles. The average Bonchev–Trinajstić information content (AvgIpc) is 3.38. The number of rotatable bonds is 7. The number of amides is 3. The third-order valence-electron chi connectivity index (χ3n) is 14.8. The zero-order chi connectivity index (χ0) is 47.8. The van der Waals surface area contributed by atoms with E-state index in [2.05, 4.69) is 43.0 Å². The maximum Gasteiger partial charge on any atom is 0.354 e. The molecule has 3 saturated heterocycles. The van der Waals surface area contributed by atoms with E-state index >= 15 is 0 Å². The molecular weight excluding hydrogens is 893 g/mol. The smallest absolute Gasteiger partial charge is 0.354 e. The van der Waals surface area contributed by atoms with Crippen LogP contribution in [-0.2, 0) is 48.1 Å². The number of nitrogens with one attached hydrogen (secondary N) is 3. The minimum absolute atomic E-state index is 0.0333. The van der Waals surface area contributed by atoms with E-state index in [-0.39, 0.29) is 41.4 Å². The van der Waals surface area contributed by atoms with Gasteiger partial charge in [-0.15, -0.1) is 0 Å². The SMILES string of the molecule is O=C(O)c1ccc2c(n1)-c1nc(NC(=O)C3CCN4CCC(C(=O)NC5CCCN(C(=O)c6ccc7c(n6)-c6nc8nc9c(cc8cc6CC7)CCc6ccc(C(=O)O)nc6-9)C5)[NH2+]C4N3)ccc1CC2. The summed E-state index contributed by atoms with van der Waals surface area (Å²) in [7, 11) is 0. The molecule has 4 atom stereocenters. The summed E-state index contributed by atoms with van der Waals surface area (Å²) in [4.78, 5) is 97.7. The van der Waals surface area contributed by atoms with Crippen LogP contribution < -0.4 is 21.3 Å². The first-order valence-electron chi connectivity index (χ1n) is 24.1. The molecule has 6 aromatic heterocycles. The second-order valence-corrected chi connectivity index (χ2v) is 19.1. The van der Waals surface area contributed by atoms with Gasteiger partial charge in [-0.2, -0.15) is 0 Å². The van der Waals surface area contributed by atoms with Gasteiger partial charge < -0.3 is 31.1 Å². The molecule has 3 fully saturated rings. The molecule has 0 spiro atoms. The Morgan fingerprint density at radius 1 is 0.586 bits per heavy atom. The van der Waals surface area contributed by atoms with Crippen LogP contribution in [0.25, 0.3) is 45.2 Å². The lowest BCUT2D eigenvalue weighted by molar-refractivity contribution is -0.745. The van der Waals surface area contributed by atoms with Crippen molar-refractivity contribution in [2.45, 2.75) is 88.6 Å². The summed E-state index contributed by atoms with van der Waals surface area (Å²) in [5, 5.41) is 31.7. The van der Waals surface area contributed by atoms with Gasteiger partial charge in [0.25, 0.3) is 11.8 Å². The second kappa shape index (κ2) is 17.4. The summed E-state index contributed by atoms with van der Waals surface area (Å²) >= 11 is 0. The first-order valence-corrected chi connectivity index (χ1v) is 24.1. The number of nitrogens with zero attached hydrogens (tertiary/aromatic N) is 8. The van der Waals surface area contributed by atoms with Crippen molar-refractivity contribution in [1.29, 1.82) is 0 Å². The molecule has 70 heavy (non-hydrogen) atoms. The number of fused-ring (bicyclic) bond motifs is 11. The zero-order valence-electron chi connectivity index (χ0n) is 38.1. The van der Waals surface area contributed by atoms with Crippen molar-refractivity contribution in [1.82, 2.24) is 50.3 Å². The van der Waals surface area contributed by atoms with Crippen LogP contribution in [0.15, 0.2) is 60.7 Å². The molecule has 3 amide bonds. The number of quaternary nitrogens is 1.